The first kappa shape index (κ1) is 35.1. The molecule has 8 aromatic carbocycles. The summed E-state index contributed by atoms with van der Waals surface area (Å²) in [5, 5.41) is 2.10. The Kier molecular flexibility index (Phi) is 8.63. The number of hydrogen-bond acceptors (Lipinski definition) is 2. The Morgan fingerprint density at radius 2 is 1.11 bits per heavy atom. The van der Waals surface area contributed by atoms with Crippen LogP contribution in [0, 0.1) is 6.33 Å². The van der Waals surface area contributed by atoms with Crippen LogP contribution >= 0.6 is 0 Å². The summed E-state index contributed by atoms with van der Waals surface area (Å²) in [7, 11) is 0. The van der Waals surface area contributed by atoms with Crippen molar-refractivity contribution in [3.63, 3.8) is 0 Å². The van der Waals surface area contributed by atoms with Crippen LogP contribution in [0.1, 0.15) is 92.7 Å². The number of aromatic nitrogens is 4. The summed E-state index contributed by atoms with van der Waals surface area (Å²) < 4.78 is 101. The first-order valence-electron chi connectivity index (χ1n) is 29.0. The van der Waals surface area contributed by atoms with Gasteiger partial charge in [0.2, 0.25) is 0 Å². The van der Waals surface area contributed by atoms with E-state index < -0.39 is 60.4 Å². The Labute approximate surface area is 432 Å². The molecule has 0 unspecified atom stereocenters. The predicted octanol–water partition coefficient (Wildman–Crippen LogP) is 16.9. The van der Waals surface area contributed by atoms with Crippen molar-refractivity contribution in [2.75, 3.05) is 0 Å². The van der Waals surface area contributed by atoms with Gasteiger partial charge in [-0.2, -0.15) is 0 Å². The van der Waals surface area contributed by atoms with Gasteiger partial charge in [0.05, 0.1) is 47.1 Å². The van der Waals surface area contributed by atoms with Gasteiger partial charge in [-0.15, -0.1) is 0 Å². The number of pyridine rings is 1. The van der Waals surface area contributed by atoms with Gasteiger partial charge in [-0.3, -0.25) is 13.7 Å². The zero-order chi connectivity index (χ0) is 57.9. The van der Waals surface area contributed by atoms with Gasteiger partial charge in [0, 0.05) is 28.6 Å². The van der Waals surface area contributed by atoms with Gasteiger partial charge < -0.3 is 4.74 Å². The average Bonchev–Trinajstić information content (AvgIpc) is 4.07. The van der Waals surface area contributed by atoms with E-state index in [1.807, 2.05) is 65.4 Å². The molecule has 71 heavy (non-hydrogen) atoms. The molecule has 11 aromatic rings. The molecule has 0 atom stereocenters. The van der Waals surface area contributed by atoms with E-state index in [1.54, 1.807) is 22.8 Å². The van der Waals surface area contributed by atoms with E-state index in [2.05, 4.69) is 134 Å². The molecule has 0 radical (unpaired) electrons. The Bertz CT molecular complexity index is 4230. The lowest BCUT2D eigenvalue weighted by Crippen LogP contribution is -2.31. The highest BCUT2D eigenvalue weighted by molar-refractivity contribution is 6.11. The molecule has 3 heterocycles. The van der Waals surface area contributed by atoms with Crippen LogP contribution in [0.5, 0.6) is 11.5 Å². The number of benzene rings is 8. The van der Waals surface area contributed by atoms with Crippen LogP contribution in [0.3, 0.4) is 0 Å². The maximum Gasteiger partial charge on any atom is 0.269 e. The zero-order valence-electron chi connectivity index (χ0n) is 51.5. The molecule has 350 valence electrons. The fraction of sp³-hybridized carbons (Fsp3) is 0.182. The SMILES string of the molecule is [2H]c1c([2H])c([2H])c(-c2cccc(-c3c([2H])c([2H])c([2H])c([2H])c3[2H])c2-[n+]2[c-]n(-c3cccc(Oc4cc5c(cc4-c4cc(C(C)(C)C)cc(C(C)(C)C)c4)c4ccccc4n5-c4cc(C(C)(C)C)ccn4)c3)c3ccccc32)c([2H])c1[2H]. The van der Waals surface area contributed by atoms with Gasteiger partial charge in [-0.05, 0) is 103 Å². The number of fused-ring (bicyclic) bond motifs is 4. The molecule has 3 aromatic heterocycles. The molecule has 0 N–H and O–H groups in total. The van der Waals surface area contributed by atoms with Crippen molar-refractivity contribution in [3.8, 4) is 62.1 Å². The fourth-order valence-corrected chi connectivity index (χ4v) is 9.40. The van der Waals surface area contributed by atoms with Gasteiger partial charge in [0.15, 0.2) is 0 Å². The van der Waals surface area contributed by atoms with Gasteiger partial charge in [-0.25, -0.2) is 4.98 Å². The van der Waals surface area contributed by atoms with Crippen molar-refractivity contribution in [2.24, 2.45) is 0 Å². The summed E-state index contributed by atoms with van der Waals surface area (Å²) in [6.45, 7) is 20.0. The van der Waals surface area contributed by atoms with E-state index in [0.29, 0.717) is 28.2 Å². The highest BCUT2D eigenvalue weighted by atomic mass is 16.5. The van der Waals surface area contributed by atoms with Crippen LogP contribution in [-0.4, -0.2) is 14.1 Å². The van der Waals surface area contributed by atoms with Crippen molar-refractivity contribution in [1.82, 2.24) is 14.1 Å². The Morgan fingerprint density at radius 1 is 0.507 bits per heavy atom. The minimum atomic E-state index is -0.569. The second-order valence-electron chi connectivity index (χ2n) is 21.2. The van der Waals surface area contributed by atoms with E-state index in [-0.39, 0.29) is 44.2 Å². The molecule has 0 aliphatic heterocycles. The number of imidazole rings is 1. The summed E-state index contributed by atoms with van der Waals surface area (Å²) in [6.07, 6.45) is 5.38. The second kappa shape index (κ2) is 17.4. The minimum Gasteiger partial charge on any atom is -0.457 e. The van der Waals surface area contributed by atoms with Crippen molar-refractivity contribution in [2.45, 2.75) is 78.6 Å². The number of hydrogen-bond donors (Lipinski definition) is 0. The largest absolute Gasteiger partial charge is 0.457 e. The monoisotopic (exact) mass is 935 g/mol. The summed E-state index contributed by atoms with van der Waals surface area (Å²) in [4.78, 5) is 4.97. The van der Waals surface area contributed by atoms with E-state index in [1.165, 1.54) is 11.1 Å². The van der Waals surface area contributed by atoms with Crippen molar-refractivity contribution in [1.29, 1.82) is 0 Å². The van der Waals surface area contributed by atoms with E-state index >= 15 is 0 Å². The lowest BCUT2D eigenvalue weighted by Gasteiger charge is -2.27. The maximum atomic E-state index is 9.14. The Morgan fingerprint density at radius 3 is 1.76 bits per heavy atom. The maximum absolute atomic E-state index is 9.14. The highest BCUT2D eigenvalue weighted by Crippen LogP contribution is 2.44. The third-order valence-corrected chi connectivity index (χ3v) is 13.3. The molecule has 0 aliphatic rings. The van der Waals surface area contributed by atoms with Crippen LogP contribution in [0.25, 0.3) is 83.4 Å². The standard InChI is InChI=1S/C66H60N4O/c1-64(2,3)47-34-35-67-62(39-47)70-57-31-17-16-28-54(57)56-41-55(46-36-48(65(4,5)6)38-49(37-46)66(7,8)9)61(42-60(56)70)71-51-27-20-26-50(40-51)68-43-69(59-33-19-18-32-58(59)68)63-52(44-22-12-10-13-23-44)29-21-30-53(63)45-24-14-11-15-25-45/h10-42H,1-9H3/i10D,11D,12D,13D,14D,15D,22D,23D,24D,25D. The smallest absolute Gasteiger partial charge is 0.269 e. The number of rotatable bonds is 8. The summed E-state index contributed by atoms with van der Waals surface area (Å²) in [6, 6.07) is 38.5. The first-order chi connectivity index (χ1) is 38.2. The average molecular weight is 935 g/mol. The molecule has 0 saturated carbocycles. The molecule has 11 rings (SSSR count). The molecule has 0 bridgehead atoms. The topological polar surface area (TPSA) is 35.9 Å². The van der Waals surface area contributed by atoms with Crippen LogP contribution in [0.4, 0.5) is 0 Å². The molecule has 0 spiro atoms. The van der Waals surface area contributed by atoms with Crippen LogP contribution in [-0.2, 0) is 16.2 Å². The summed E-state index contributed by atoms with van der Waals surface area (Å²) in [5.74, 6) is 1.89. The number of para-hydroxylation sites is 4. The quantitative estimate of drug-likeness (QED) is 0.112. The van der Waals surface area contributed by atoms with Crippen molar-refractivity contribution < 1.29 is 23.0 Å². The van der Waals surface area contributed by atoms with Crippen molar-refractivity contribution >= 4 is 32.8 Å². The lowest BCUT2D eigenvalue weighted by molar-refractivity contribution is -0.571. The van der Waals surface area contributed by atoms with E-state index in [4.69, 9.17) is 23.4 Å². The number of nitrogens with zero attached hydrogens (tertiary/aromatic N) is 4. The Balaban J connectivity index is 1.15. The van der Waals surface area contributed by atoms with Crippen LogP contribution < -0.4 is 9.30 Å². The third-order valence-electron chi connectivity index (χ3n) is 13.3. The molecule has 0 fully saturated rings. The van der Waals surface area contributed by atoms with Crippen LogP contribution in [0.15, 0.2) is 200 Å². The number of ether oxygens (including phenoxy) is 1. The molecule has 5 nitrogen and oxygen atoms in total. The first-order valence-corrected chi connectivity index (χ1v) is 24.0. The molecule has 0 amide bonds. The normalized spacial score (nSPS) is 14.3. The van der Waals surface area contributed by atoms with Gasteiger partial charge >= 0.3 is 0 Å². The minimum absolute atomic E-state index is 0.131. The van der Waals surface area contributed by atoms with Gasteiger partial charge in [0.25, 0.3) is 6.33 Å². The molecular formula is C66H60N4O. The lowest BCUT2D eigenvalue weighted by atomic mass is 9.79. The third kappa shape index (κ3) is 8.50. The predicted molar refractivity (Wildman–Crippen MR) is 295 cm³/mol. The molecular weight excluding hydrogens is 865 g/mol. The van der Waals surface area contributed by atoms with Gasteiger partial charge in [0.1, 0.15) is 17.3 Å². The van der Waals surface area contributed by atoms with Gasteiger partial charge in [-0.1, -0.05) is 208 Å². The highest BCUT2D eigenvalue weighted by Gasteiger charge is 2.26. The van der Waals surface area contributed by atoms with Crippen LogP contribution in [0.2, 0.25) is 0 Å². The van der Waals surface area contributed by atoms with E-state index in [0.717, 1.165) is 44.3 Å². The zero-order valence-corrected chi connectivity index (χ0v) is 41.5. The van der Waals surface area contributed by atoms with Crippen molar-refractivity contribution in [3.05, 3.63) is 223 Å². The van der Waals surface area contributed by atoms with E-state index in [9.17, 15) is 0 Å². The second-order valence-corrected chi connectivity index (χ2v) is 21.2. The summed E-state index contributed by atoms with van der Waals surface area (Å²) >= 11 is 0. The molecule has 0 saturated heterocycles. The Hall–Kier alpha value is -8.02. The summed E-state index contributed by atoms with van der Waals surface area (Å²) in [5.41, 5.74) is 8.89. The molecule has 5 heteroatoms. The fourth-order valence-electron chi connectivity index (χ4n) is 9.40. The molecule has 0 aliphatic carbocycles.